The second-order valence-corrected chi connectivity index (χ2v) is 5.50. The molecule has 0 radical (unpaired) electrons. The minimum atomic E-state index is -0.465. The van der Waals surface area contributed by atoms with Gasteiger partial charge in [-0.2, -0.15) is 0 Å². The first-order valence-corrected chi connectivity index (χ1v) is 7.73. The Kier molecular flexibility index (Phi) is 3.86. The molecule has 0 bridgehead atoms. The lowest BCUT2D eigenvalue weighted by Gasteiger charge is -2.10. The molecule has 1 aromatic heterocycles. The van der Waals surface area contributed by atoms with Gasteiger partial charge in [-0.1, -0.05) is 25.1 Å². The Hall–Kier alpha value is -2.33. The summed E-state index contributed by atoms with van der Waals surface area (Å²) in [5.74, 6) is -0.138. The number of nitrogens with one attached hydrogen (secondary N) is 1. The van der Waals surface area contributed by atoms with Crippen LogP contribution in [-0.4, -0.2) is 16.5 Å². The molecule has 0 aliphatic heterocycles. The second kappa shape index (κ2) is 5.81. The third-order valence-electron chi connectivity index (χ3n) is 4.13. The largest absolute Gasteiger partial charge is 0.341 e. The maximum atomic E-state index is 12.0. The Balaban J connectivity index is 2.10. The lowest BCUT2D eigenvalue weighted by atomic mass is 10.1. The van der Waals surface area contributed by atoms with Gasteiger partial charge in [0.1, 0.15) is 0 Å². The van der Waals surface area contributed by atoms with Gasteiger partial charge in [0.05, 0.1) is 6.04 Å². The Morgan fingerprint density at radius 3 is 2.59 bits per heavy atom. The third-order valence-corrected chi connectivity index (χ3v) is 4.13. The number of amides is 1. The van der Waals surface area contributed by atoms with Crippen molar-refractivity contribution in [2.45, 2.75) is 32.9 Å². The molecule has 3 rings (SSSR count). The minimum absolute atomic E-state index is 0.138. The maximum absolute atomic E-state index is 12.0. The van der Waals surface area contributed by atoms with Crippen LogP contribution in [0, 0.1) is 0 Å². The van der Waals surface area contributed by atoms with Crippen molar-refractivity contribution in [3.8, 4) is 0 Å². The number of nitrogens with two attached hydrogens (primary N) is 1. The van der Waals surface area contributed by atoms with Crippen LogP contribution in [0.25, 0.3) is 21.8 Å². The Morgan fingerprint density at radius 1 is 1.14 bits per heavy atom. The standard InChI is InChI=1S/C18H21N3O/c1-3-15(19)18(22)20-12-9-10-17-14(11-12)13-7-5-6-8-16(13)21(17)4-2/h5-11,15H,3-4,19H2,1-2H3,(H,20,22)/t15-/m0/s1. The van der Waals surface area contributed by atoms with E-state index in [1.807, 2.05) is 25.1 Å². The third kappa shape index (κ3) is 2.35. The Labute approximate surface area is 129 Å². The van der Waals surface area contributed by atoms with Gasteiger partial charge in [0.2, 0.25) is 5.91 Å². The summed E-state index contributed by atoms with van der Waals surface area (Å²) in [5.41, 5.74) is 8.97. The summed E-state index contributed by atoms with van der Waals surface area (Å²) in [6.45, 7) is 4.96. The van der Waals surface area contributed by atoms with E-state index < -0.39 is 6.04 Å². The van der Waals surface area contributed by atoms with E-state index in [1.54, 1.807) is 0 Å². The Morgan fingerprint density at radius 2 is 1.86 bits per heavy atom. The number of carbonyl (C=O) groups is 1. The van der Waals surface area contributed by atoms with E-state index >= 15 is 0 Å². The zero-order chi connectivity index (χ0) is 15.7. The minimum Gasteiger partial charge on any atom is -0.341 e. The maximum Gasteiger partial charge on any atom is 0.241 e. The molecule has 22 heavy (non-hydrogen) atoms. The van der Waals surface area contributed by atoms with Gasteiger partial charge in [-0.05, 0) is 37.6 Å². The molecule has 1 atom stereocenters. The van der Waals surface area contributed by atoms with E-state index in [0.29, 0.717) is 6.42 Å². The molecular weight excluding hydrogens is 274 g/mol. The van der Waals surface area contributed by atoms with Gasteiger partial charge in [-0.25, -0.2) is 0 Å². The lowest BCUT2D eigenvalue weighted by molar-refractivity contribution is -0.117. The fraction of sp³-hybridized carbons (Fsp3) is 0.278. The lowest BCUT2D eigenvalue weighted by Crippen LogP contribution is -2.34. The van der Waals surface area contributed by atoms with Crippen LogP contribution < -0.4 is 11.1 Å². The predicted octanol–water partition coefficient (Wildman–Crippen LogP) is 3.49. The van der Waals surface area contributed by atoms with E-state index in [0.717, 1.165) is 17.6 Å². The van der Waals surface area contributed by atoms with Crippen LogP contribution >= 0.6 is 0 Å². The first-order chi connectivity index (χ1) is 10.7. The van der Waals surface area contributed by atoms with Crippen LogP contribution in [0.3, 0.4) is 0 Å². The molecule has 3 aromatic rings. The molecular formula is C18H21N3O. The zero-order valence-electron chi connectivity index (χ0n) is 13.0. The average Bonchev–Trinajstić information content (AvgIpc) is 2.87. The highest BCUT2D eigenvalue weighted by atomic mass is 16.2. The molecule has 3 N–H and O–H groups in total. The van der Waals surface area contributed by atoms with Gasteiger partial charge in [0.25, 0.3) is 0 Å². The summed E-state index contributed by atoms with van der Waals surface area (Å²) in [6.07, 6.45) is 0.628. The number of aromatic nitrogens is 1. The van der Waals surface area contributed by atoms with E-state index in [-0.39, 0.29) is 5.91 Å². The van der Waals surface area contributed by atoms with Gasteiger partial charge in [-0.3, -0.25) is 4.79 Å². The normalized spacial score (nSPS) is 12.7. The number of aryl methyl sites for hydroxylation is 1. The smallest absolute Gasteiger partial charge is 0.241 e. The fourth-order valence-electron chi connectivity index (χ4n) is 2.89. The van der Waals surface area contributed by atoms with Crippen molar-refractivity contribution in [3.05, 3.63) is 42.5 Å². The fourth-order valence-corrected chi connectivity index (χ4v) is 2.89. The number of para-hydroxylation sites is 1. The quantitative estimate of drug-likeness (QED) is 0.774. The molecule has 0 saturated carbocycles. The molecule has 4 nitrogen and oxygen atoms in total. The molecule has 2 aromatic carbocycles. The number of benzene rings is 2. The number of fused-ring (bicyclic) bond motifs is 3. The monoisotopic (exact) mass is 295 g/mol. The first kappa shape index (κ1) is 14.6. The summed E-state index contributed by atoms with van der Waals surface area (Å²) >= 11 is 0. The molecule has 4 heteroatoms. The number of carbonyl (C=O) groups excluding carboxylic acids is 1. The van der Waals surface area contributed by atoms with Crippen LogP contribution in [0.4, 0.5) is 5.69 Å². The number of hydrogen-bond donors (Lipinski definition) is 2. The van der Waals surface area contributed by atoms with Crippen molar-refractivity contribution in [3.63, 3.8) is 0 Å². The Bertz CT molecular complexity index is 835. The van der Waals surface area contributed by atoms with Crippen molar-refractivity contribution in [1.82, 2.24) is 4.57 Å². The van der Waals surface area contributed by atoms with Crippen molar-refractivity contribution >= 4 is 33.4 Å². The highest BCUT2D eigenvalue weighted by Crippen LogP contribution is 2.30. The van der Waals surface area contributed by atoms with E-state index in [9.17, 15) is 4.79 Å². The van der Waals surface area contributed by atoms with Crippen molar-refractivity contribution in [2.24, 2.45) is 5.73 Å². The molecule has 0 aliphatic carbocycles. The number of anilines is 1. The summed E-state index contributed by atoms with van der Waals surface area (Å²) in [6, 6.07) is 13.9. The molecule has 0 saturated heterocycles. The van der Waals surface area contributed by atoms with Gasteiger partial charge in [-0.15, -0.1) is 0 Å². The molecule has 0 spiro atoms. The average molecular weight is 295 g/mol. The number of nitrogens with zero attached hydrogens (tertiary/aromatic N) is 1. The second-order valence-electron chi connectivity index (χ2n) is 5.50. The molecule has 114 valence electrons. The molecule has 1 amide bonds. The topological polar surface area (TPSA) is 60.1 Å². The first-order valence-electron chi connectivity index (χ1n) is 7.73. The van der Waals surface area contributed by atoms with Gasteiger partial charge >= 0.3 is 0 Å². The van der Waals surface area contributed by atoms with Crippen molar-refractivity contribution < 1.29 is 4.79 Å². The zero-order valence-corrected chi connectivity index (χ0v) is 13.0. The van der Waals surface area contributed by atoms with Gasteiger partial charge in [0.15, 0.2) is 0 Å². The van der Waals surface area contributed by atoms with Crippen LogP contribution in [0.2, 0.25) is 0 Å². The van der Waals surface area contributed by atoms with Crippen LogP contribution in [-0.2, 0) is 11.3 Å². The van der Waals surface area contributed by atoms with Crippen LogP contribution in [0.15, 0.2) is 42.5 Å². The molecule has 0 fully saturated rings. The summed E-state index contributed by atoms with van der Waals surface area (Å²) in [5, 5.41) is 5.26. The van der Waals surface area contributed by atoms with Gasteiger partial charge < -0.3 is 15.6 Å². The van der Waals surface area contributed by atoms with E-state index in [2.05, 4.69) is 41.1 Å². The highest BCUT2D eigenvalue weighted by Gasteiger charge is 2.13. The van der Waals surface area contributed by atoms with Crippen LogP contribution in [0.5, 0.6) is 0 Å². The summed E-state index contributed by atoms with van der Waals surface area (Å²) < 4.78 is 2.29. The molecule has 1 heterocycles. The SMILES string of the molecule is CC[C@H](N)C(=O)Nc1ccc2c(c1)c1ccccc1n2CC. The molecule has 0 unspecified atom stereocenters. The van der Waals surface area contributed by atoms with Gasteiger partial charge in [0, 0.05) is 34.0 Å². The van der Waals surface area contributed by atoms with Crippen molar-refractivity contribution in [1.29, 1.82) is 0 Å². The summed E-state index contributed by atoms with van der Waals surface area (Å²) in [7, 11) is 0. The van der Waals surface area contributed by atoms with Crippen LogP contribution in [0.1, 0.15) is 20.3 Å². The highest BCUT2D eigenvalue weighted by molar-refractivity contribution is 6.10. The van der Waals surface area contributed by atoms with Crippen molar-refractivity contribution in [2.75, 3.05) is 5.32 Å². The number of rotatable bonds is 4. The molecule has 0 aliphatic rings. The summed E-state index contributed by atoms with van der Waals surface area (Å²) in [4.78, 5) is 12.0. The van der Waals surface area contributed by atoms with E-state index in [4.69, 9.17) is 5.73 Å². The predicted molar refractivity (Wildman–Crippen MR) is 92.0 cm³/mol. The number of hydrogen-bond acceptors (Lipinski definition) is 2. The van der Waals surface area contributed by atoms with E-state index in [1.165, 1.54) is 16.4 Å².